The highest BCUT2D eigenvalue weighted by Gasteiger charge is 2.26. The summed E-state index contributed by atoms with van der Waals surface area (Å²) < 4.78 is 0. The molecule has 5 heteroatoms. The van der Waals surface area contributed by atoms with E-state index in [4.69, 9.17) is 5.11 Å². The fraction of sp³-hybridized carbons (Fsp3) is 0.875. The summed E-state index contributed by atoms with van der Waals surface area (Å²) in [7, 11) is 3.91. The lowest BCUT2D eigenvalue weighted by molar-refractivity contribution is 0.102. The van der Waals surface area contributed by atoms with Crippen molar-refractivity contribution in [1.29, 1.82) is 0 Å². The molecular formula is C8H17N3O2. The molecule has 2 N–H and O–H groups in total. The van der Waals surface area contributed by atoms with E-state index in [1.165, 1.54) is 4.90 Å². The highest BCUT2D eigenvalue weighted by atomic mass is 16.4. The van der Waals surface area contributed by atoms with Gasteiger partial charge >= 0.3 is 6.09 Å². The molecule has 1 atom stereocenters. The molecule has 0 aromatic rings. The lowest BCUT2D eigenvalue weighted by Crippen LogP contribution is -2.56. The van der Waals surface area contributed by atoms with Crippen molar-refractivity contribution >= 4 is 6.09 Å². The number of piperazine rings is 1. The fourth-order valence-corrected chi connectivity index (χ4v) is 1.60. The van der Waals surface area contributed by atoms with Crippen LogP contribution in [0.2, 0.25) is 0 Å². The number of carbonyl (C=O) groups is 1. The summed E-state index contributed by atoms with van der Waals surface area (Å²) >= 11 is 0. The molecule has 0 aromatic heterocycles. The highest BCUT2D eigenvalue weighted by Crippen LogP contribution is 2.04. The van der Waals surface area contributed by atoms with Crippen LogP contribution < -0.4 is 5.32 Å². The Balaban J connectivity index is 2.51. The molecule has 1 fully saturated rings. The predicted octanol–water partition coefficient (Wildman–Crippen LogP) is -0.500. The number of nitrogens with zero attached hydrogens (tertiary/aromatic N) is 2. The van der Waals surface area contributed by atoms with Crippen molar-refractivity contribution in [2.75, 3.05) is 40.3 Å². The molecule has 1 aliphatic rings. The molecule has 76 valence electrons. The lowest BCUT2D eigenvalue weighted by Gasteiger charge is -2.35. The Morgan fingerprint density at radius 1 is 1.69 bits per heavy atom. The van der Waals surface area contributed by atoms with Gasteiger partial charge < -0.3 is 20.2 Å². The van der Waals surface area contributed by atoms with E-state index in [9.17, 15) is 4.79 Å². The number of hydrogen-bond donors (Lipinski definition) is 2. The minimum Gasteiger partial charge on any atom is -0.465 e. The van der Waals surface area contributed by atoms with Crippen LogP contribution in [0.1, 0.15) is 0 Å². The first-order valence-electron chi connectivity index (χ1n) is 4.46. The Morgan fingerprint density at radius 2 is 2.38 bits per heavy atom. The number of hydrogen-bond acceptors (Lipinski definition) is 3. The molecule has 1 amide bonds. The summed E-state index contributed by atoms with van der Waals surface area (Å²) in [4.78, 5) is 14.3. The summed E-state index contributed by atoms with van der Waals surface area (Å²) in [5.74, 6) is 0. The second-order valence-corrected chi connectivity index (χ2v) is 3.60. The molecule has 1 rings (SSSR count). The van der Waals surface area contributed by atoms with E-state index in [1.807, 2.05) is 19.0 Å². The first-order valence-corrected chi connectivity index (χ1v) is 4.46. The maximum absolute atomic E-state index is 10.8. The number of carboxylic acid groups (broad SMARTS) is 1. The van der Waals surface area contributed by atoms with E-state index >= 15 is 0 Å². The van der Waals surface area contributed by atoms with Crippen molar-refractivity contribution in [2.24, 2.45) is 0 Å². The topological polar surface area (TPSA) is 55.8 Å². The van der Waals surface area contributed by atoms with Gasteiger partial charge in [0.2, 0.25) is 0 Å². The molecule has 1 saturated heterocycles. The smallest absolute Gasteiger partial charge is 0.407 e. The molecule has 0 aromatic carbocycles. The third kappa shape index (κ3) is 2.86. The fourth-order valence-electron chi connectivity index (χ4n) is 1.60. The van der Waals surface area contributed by atoms with Crippen molar-refractivity contribution in [2.45, 2.75) is 6.04 Å². The van der Waals surface area contributed by atoms with Crippen LogP contribution in [0, 0.1) is 0 Å². The number of rotatable bonds is 2. The highest BCUT2D eigenvalue weighted by molar-refractivity contribution is 5.65. The first-order chi connectivity index (χ1) is 6.11. The van der Waals surface area contributed by atoms with E-state index in [0.717, 1.165) is 19.6 Å². The molecule has 0 bridgehead atoms. The van der Waals surface area contributed by atoms with E-state index in [1.54, 1.807) is 0 Å². The van der Waals surface area contributed by atoms with E-state index in [2.05, 4.69) is 5.32 Å². The third-order valence-electron chi connectivity index (χ3n) is 2.17. The molecule has 5 nitrogen and oxygen atoms in total. The molecule has 0 radical (unpaired) electrons. The van der Waals surface area contributed by atoms with Gasteiger partial charge in [0.25, 0.3) is 0 Å². The Bertz CT molecular complexity index is 184. The zero-order chi connectivity index (χ0) is 9.84. The monoisotopic (exact) mass is 187 g/mol. The minimum atomic E-state index is -0.812. The van der Waals surface area contributed by atoms with Crippen LogP contribution in [-0.2, 0) is 0 Å². The van der Waals surface area contributed by atoms with Crippen molar-refractivity contribution in [3.8, 4) is 0 Å². The number of amides is 1. The predicted molar refractivity (Wildman–Crippen MR) is 49.9 cm³/mol. The van der Waals surface area contributed by atoms with E-state index in [0.29, 0.717) is 6.54 Å². The minimum absolute atomic E-state index is 0.0845. The van der Waals surface area contributed by atoms with Crippen molar-refractivity contribution < 1.29 is 9.90 Å². The van der Waals surface area contributed by atoms with Crippen LogP contribution in [0.4, 0.5) is 4.79 Å². The van der Waals surface area contributed by atoms with Crippen LogP contribution >= 0.6 is 0 Å². The third-order valence-corrected chi connectivity index (χ3v) is 2.17. The summed E-state index contributed by atoms with van der Waals surface area (Å²) in [5.41, 5.74) is 0. The second kappa shape index (κ2) is 4.43. The van der Waals surface area contributed by atoms with Crippen LogP contribution in [0.15, 0.2) is 0 Å². The Labute approximate surface area is 78.3 Å². The number of nitrogens with one attached hydrogen (secondary N) is 1. The maximum atomic E-state index is 10.8. The van der Waals surface area contributed by atoms with Gasteiger partial charge in [-0.2, -0.15) is 0 Å². The molecule has 0 aliphatic carbocycles. The van der Waals surface area contributed by atoms with Gasteiger partial charge in [-0.05, 0) is 14.1 Å². The van der Waals surface area contributed by atoms with Gasteiger partial charge in [0.05, 0.1) is 6.04 Å². The molecule has 1 heterocycles. The van der Waals surface area contributed by atoms with Gasteiger partial charge in [0.15, 0.2) is 0 Å². The summed E-state index contributed by atoms with van der Waals surface area (Å²) in [5, 5.41) is 12.1. The Kier molecular flexibility index (Phi) is 3.50. The molecule has 1 aliphatic heterocycles. The van der Waals surface area contributed by atoms with E-state index < -0.39 is 6.09 Å². The van der Waals surface area contributed by atoms with Gasteiger partial charge in [0.1, 0.15) is 0 Å². The van der Waals surface area contributed by atoms with Crippen LogP contribution in [0.25, 0.3) is 0 Å². The van der Waals surface area contributed by atoms with Crippen LogP contribution in [0.3, 0.4) is 0 Å². The van der Waals surface area contributed by atoms with Crippen LogP contribution in [-0.4, -0.2) is 67.3 Å². The normalized spacial score (nSPS) is 23.6. The standard InChI is InChI=1S/C8H17N3O2/c1-10(2)6-7-5-9-3-4-11(7)8(12)13/h7,9H,3-6H2,1-2H3,(H,12,13)/t7-/m0/s1. The number of likely N-dealkylation sites (N-methyl/N-ethyl adjacent to an activating group) is 1. The molecule has 0 unspecified atom stereocenters. The van der Waals surface area contributed by atoms with E-state index in [-0.39, 0.29) is 6.04 Å². The SMILES string of the molecule is CN(C)C[C@@H]1CNCCN1C(=O)O. The summed E-state index contributed by atoms with van der Waals surface area (Å²) in [6, 6.07) is 0.0845. The Hall–Kier alpha value is -0.810. The van der Waals surface area contributed by atoms with Gasteiger partial charge in [-0.15, -0.1) is 0 Å². The van der Waals surface area contributed by atoms with Crippen molar-refractivity contribution in [3.05, 3.63) is 0 Å². The molecule has 0 saturated carbocycles. The van der Waals surface area contributed by atoms with Crippen molar-refractivity contribution in [1.82, 2.24) is 15.1 Å². The summed E-state index contributed by atoms with van der Waals surface area (Å²) in [6.07, 6.45) is -0.812. The lowest BCUT2D eigenvalue weighted by atomic mass is 10.2. The van der Waals surface area contributed by atoms with Crippen LogP contribution in [0.5, 0.6) is 0 Å². The quantitative estimate of drug-likeness (QED) is 0.612. The second-order valence-electron chi connectivity index (χ2n) is 3.60. The Morgan fingerprint density at radius 3 is 2.92 bits per heavy atom. The zero-order valence-electron chi connectivity index (χ0n) is 8.16. The average Bonchev–Trinajstić information content (AvgIpc) is 2.03. The van der Waals surface area contributed by atoms with Gasteiger partial charge in [0, 0.05) is 26.2 Å². The first kappa shape index (κ1) is 10.3. The summed E-state index contributed by atoms with van der Waals surface area (Å²) in [6.45, 7) is 2.88. The van der Waals surface area contributed by atoms with Crippen molar-refractivity contribution in [3.63, 3.8) is 0 Å². The molecular weight excluding hydrogens is 170 g/mol. The van der Waals surface area contributed by atoms with Gasteiger partial charge in [-0.3, -0.25) is 0 Å². The largest absolute Gasteiger partial charge is 0.465 e. The average molecular weight is 187 g/mol. The van der Waals surface area contributed by atoms with Gasteiger partial charge in [-0.25, -0.2) is 4.79 Å². The zero-order valence-corrected chi connectivity index (χ0v) is 8.16. The van der Waals surface area contributed by atoms with Gasteiger partial charge in [-0.1, -0.05) is 0 Å². The molecule has 13 heavy (non-hydrogen) atoms. The molecule has 0 spiro atoms. The maximum Gasteiger partial charge on any atom is 0.407 e.